The van der Waals surface area contributed by atoms with Crippen LogP contribution in [0.25, 0.3) is 0 Å². The molecule has 5 heteroatoms. The Labute approximate surface area is 80.2 Å². The number of thioether (sulfide) groups is 1. The summed E-state index contributed by atoms with van der Waals surface area (Å²) in [6.45, 7) is 1.48. The lowest BCUT2D eigenvalue weighted by Crippen LogP contribution is -2.31. The third-order valence-corrected chi connectivity index (χ3v) is 3.18. The van der Waals surface area contributed by atoms with Gasteiger partial charge in [-0.3, -0.25) is 4.79 Å². The van der Waals surface area contributed by atoms with Crippen molar-refractivity contribution in [2.45, 2.75) is 11.8 Å². The standard InChI is InChI=1S/C6H10Cl2O2S/c1-6(8,5(9)10)4-11-3-2-7/h2-4H2,1H3,(H,9,10). The molecule has 0 fully saturated rings. The van der Waals surface area contributed by atoms with E-state index in [1.54, 1.807) is 0 Å². The Morgan fingerprint density at radius 1 is 1.73 bits per heavy atom. The van der Waals surface area contributed by atoms with Crippen molar-refractivity contribution in [2.24, 2.45) is 0 Å². The van der Waals surface area contributed by atoms with Gasteiger partial charge in [0.25, 0.3) is 0 Å². The zero-order chi connectivity index (χ0) is 8.91. The largest absolute Gasteiger partial charge is 0.480 e. The zero-order valence-corrected chi connectivity index (χ0v) is 8.47. The Balaban J connectivity index is 3.64. The van der Waals surface area contributed by atoms with E-state index in [1.165, 1.54) is 18.7 Å². The summed E-state index contributed by atoms with van der Waals surface area (Å²) in [6, 6.07) is 0. The fourth-order valence-electron chi connectivity index (χ4n) is 0.380. The summed E-state index contributed by atoms with van der Waals surface area (Å²) < 4.78 is 0. The average molecular weight is 217 g/mol. The van der Waals surface area contributed by atoms with Gasteiger partial charge < -0.3 is 5.11 Å². The quantitative estimate of drug-likeness (QED) is 0.565. The van der Waals surface area contributed by atoms with Gasteiger partial charge in [0, 0.05) is 17.4 Å². The number of carbonyl (C=O) groups is 1. The van der Waals surface area contributed by atoms with Crippen LogP contribution in [0.4, 0.5) is 0 Å². The van der Waals surface area contributed by atoms with E-state index in [0.29, 0.717) is 11.6 Å². The average Bonchev–Trinajstić information content (AvgIpc) is 1.88. The lowest BCUT2D eigenvalue weighted by molar-refractivity contribution is -0.139. The van der Waals surface area contributed by atoms with Crippen molar-refractivity contribution >= 4 is 40.9 Å². The highest BCUT2D eigenvalue weighted by atomic mass is 35.5. The molecule has 11 heavy (non-hydrogen) atoms. The fourth-order valence-corrected chi connectivity index (χ4v) is 1.70. The molecule has 1 N–H and O–H groups in total. The number of hydrogen-bond donors (Lipinski definition) is 1. The molecule has 0 aromatic rings. The molecule has 0 saturated heterocycles. The zero-order valence-electron chi connectivity index (χ0n) is 6.14. The second-order valence-corrected chi connectivity index (χ2v) is 4.56. The van der Waals surface area contributed by atoms with Gasteiger partial charge in [-0.15, -0.1) is 23.2 Å². The predicted molar refractivity (Wildman–Crippen MR) is 49.9 cm³/mol. The smallest absolute Gasteiger partial charge is 0.325 e. The van der Waals surface area contributed by atoms with Gasteiger partial charge in [0.15, 0.2) is 0 Å². The van der Waals surface area contributed by atoms with E-state index in [1.807, 2.05) is 0 Å². The van der Waals surface area contributed by atoms with Crippen molar-refractivity contribution in [3.8, 4) is 0 Å². The summed E-state index contributed by atoms with van der Waals surface area (Å²) in [5, 5.41) is 8.56. The van der Waals surface area contributed by atoms with Gasteiger partial charge in [0.2, 0.25) is 0 Å². The molecule has 0 rings (SSSR count). The predicted octanol–water partition coefficient (Wildman–Crippen LogP) is 2.04. The van der Waals surface area contributed by atoms with Crippen molar-refractivity contribution in [3.63, 3.8) is 0 Å². The van der Waals surface area contributed by atoms with Crippen LogP contribution in [-0.4, -0.2) is 33.3 Å². The molecular weight excluding hydrogens is 207 g/mol. The molecule has 0 bridgehead atoms. The van der Waals surface area contributed by atoms with Crippen molar-refractivity contribution in [1.29, 1.82) is 0 Å². The normalized spacial score (nSPS) is 15.9. The second kappa shape index (κ2) is 5.12. The summed E-state index contributed by atoms with van der Waals surface area (Å²) in [5.74, 6) is 0.659. The first-order valence-electron chi connectivity index (χ1n) is 3.06. The molecule has 2 nitrogen and oxygen atoms in total. The molecule has 0 aliphatic rings. The highest BCUT2D eigenvalue weighted by molar-refractivity contribution is 7.99. The maximum atomic E-state index is 10.4. The Morgan fingerprint density at radius 3 is 2.64 bits per heavy atom. The van der Waals surface area contributed by atoms with Crippen LogP contribution in [0.15, 0.2) is 0 Å². The molecule has 0 heterocycles. The number of rotatable bonds is 5. The van der Waals surface area contributed by atoms with E-state index >= 15 is 0 Å². The van der Waals surface area contributed by atoms with Gasteiger partial charge >= 0.3 is 5.97 Å². The Bertz CT molecular complexity index is 139. The minimum Gasteiger partial charge on any atom is -0.480 e. The molecule has 1 unspecified atom stereocenters. The third kappa shape index (κ3) is 4.77. The molecule has 0 aromatic heterocycles. The van der Waals surface area contributed by atoms with E-state index in [-0.39, 0.29) is 0 Å². The molecule has 0 aliphatic carbocycles. The van der Waals surface area contributed by atoms with Crippen LogP contribution in [0.1, 0.15) is 6.92 Å². The van der Waals surface area contributed by atoms with Crippen LogP contribution < -0.4 is 0 Å². The van der Waals surface area contributed by atoms with Crippen molar-refractivity contribution in [3.05, 3.63) is 0 Å². The van der Waals surface area contributed by atoms with Crippen LogP contribution in [0.2, 0.25) is 0 Å². The van der Waals surface area contributed by atoms with Crippen LogP contribution in [-0.2, 0) is 4.79 Å². The van der Waals surface area contributed by atoms with E-state index in [2.05, 4.69) is 0 Å². The highest BCUT2D eigenvalue weighted by Gasteiger charge is 2.29. The second-order valence-electron chi connectivity index (χ2n) is 2.24. The molecule has 1 atom stereocenters. The number of halogens is 2. The van der Waals surface area contributed by atoms with Crippen LogP contribution in [0.3, 0.4) is 0 Å². The van der Waals surface area contributed by atoms with Gasteiger partial charge in [-0.05, 0) is 6.92 Å². The summed E-state index contributed by atoms with van der Waals surface area (Å²) in [5.41, 5.74) is 0. The van der Waals surface area contributed by atoms with Crippen LogP contribution >= 0.6 is 35.0 Å². The Kier molecular flexibility index (Phi) is 5.30. The fraction of sp³-hybridized carbons (Fsp3) is 0.833. The Hall–Kier alpha value is 0.400. The van der Waals surface area contributed by atoms with E-state index in [4.69, 9.17) is 28.3 Å². The van der Waals surface area contributed by atoms with Gasteiger partial charge in [-0.1, -0.05) is 0 Å². The van der Waals surface area contributed by atoms with Gasteiger partial charge in [0.05, 0.1) is 0 Å². The minimum atomic E-state index is -1.16. The van der Waals surface area contributed by atoms with E-state index in [0.717, 1.165) is 5.75 Å². The van der Waals surface area contributed by atoms with Gasteiger partial charge in [0.1, 0.15) is 4.87 Å². The van der Waals surface area contributed by atoms with E-state index in [9.17, 15) is 4.79 Å². The molecule has 0 spiro atoms. The van der Waals surface area contributed by atoms with Gasteiger partial charge in [-0.25, -0.2) is 0 Å². The first-order chi connectivity index (χ1) is 5.00. The molecule has 0 saturated carbocycles. The number of carboxylic acids is 1. The molecule has 66 valence electrons. The maximum Gasteiger partial charge on any atom is 0.325 e. The lowest BCUT2D eigenvalue weighted by Gasteiger charge is -2.14. The molecule has 0 aliphatic heterocycles. The Morgan fingerprint density at radius 2 is 2.27 bits per heavy atom. The van der Waals surface area contributed by atoms with Crippen molar-refractivity contribution in [2.75, 3.05) is 17.4 Å². The summed E-state index contributed by atoms with van der Waals surface area (Å²) in [4.78, 5) is 9.28. The number of hydrogen-bond acceptors (Lipinski definition) is 2. The highest BCUT2D eigenvalue weighted by Crippen LogP contribution is 2.20. The summed E-state index contributed by atoms with van der Waals surface area (Å²) in [6.07, 6.45) is 0. The van der Waals surface area contributed by atoms with Crippen LogP contribution in [0, 0.1) is 0 Å². The molecular formula is C6H10Cl2O2S. The monoisotopic (exact) mass is 216 g/mol. The van der Waals surface area contributed by atoms with E-state index < -0.39 is 10.8 Å². The van der Waals surface area contributed by atoms with Crippen LogP contribution in [0.5, 0.6) is 0 Å². The number of alkyl halides is 2. The molecule has 0 radical (unpaired) electrons. The lowest BCUT2D eigenvalue weighted by atomic mass is 10.2. The summed E-state index contributed by atoms with van der Waals surface area (Å²) in [7, 11) is 0. The van der Waals surface area contributed by atoms with Gasteiger partial charge in [-0.2, -0.15) is 11.8 Å². The molecule has 0 aromatic carbocycles. The number of carboxylic acid groups (broad SMARTS) is 1. The maximum absolute atomic E-state index is 10.4. The SMILES string of the molecule is CC(Cl)(CSCCCl)C(=O)O. The minimum absolute atomic E-state index is 0.386. The first-order valence-corrected chi connectivity index (χ1v) is 5.13. The summed E-state index contributed by atoms with van der Waals surface area (Å²) >= 11 is 12.5. The van der Waals surface area contributed by atoms with Crippen molar-refractivity contribution in [1.82, 2.24) is 0 Å². The first kappa shape index (κ1) is 11.4. The number of aliphatic carboxylic acids is 1. The molecule has 0 amide bonds. The topological polar surface area (TPSA) is 37.3 Å². The van der Waals surface area contributed by atoms with Crippen molar-refractivity contribution < 1.29 is 9.90 Å². The third-order valence-electron chi connectivity index (χ3n) is 1.04.